The molecule has 27 heavy (non-hydrogen) atoms. The second kappa shape index (κ2) is 8.46. The Morgan fingerprint density at radius 1 is 1.11 bits per heavy atom. The second-order valence-electron chi connectivity index (χ2n) is 5.68. The van der Waals surface area contributed by atoms with Crippen molar-refractivity contribution in [3.8, 4) is 5.75 Å². The average molecular weight is 382 g/mol. The van der Waals surface area contributed by atoms with Crippen molar-refractivity contribution < 1.29 is 19.1 Å². The van der Waals surface area contributed by atoms with Crippen LogP contribution in [0.5, 0.6) is 5.75 Å². The summed E-state index contributed by atoms with van der Waals surface area (Å²) in [5.74, 6) is 0.0166. The number of amides is 1. The Labute approximate surface area is 160 Å². The van der Waals surface area contributed by atoms with Crippen molar-refractivity contribution in [2.45, 2.75) is 6.42 Å². The first-order valence-electron chi connectivity index (χ1n) is 8.16. The van der Waals surface area contributed by atoms with E-state index in [2.05, 4.69) is 15.0 Å². The predicted octanol–water partition coefficient (Wildman–Crippen LogP) is 3.78. The van der Waals surface area contributed by atoms with Crippen LogP contribution in [0.2, 0.25) is 0 Å². The van der Waals surface area contributed by atoms with Gasteiger partial charge in [-0.05, 0) is 35.9 Å². The van der Waals surface area contributed by atoms with Gasteiger partial charge in [0.05, 0.1) is 24.8 Å². The second-order valence-corrected chi connectivity index (χ2v) is 6.62. The minimum Gasteiger partial charge on any atom is -0.497 e. The number of nitrogens with zero attached hydrogens (tertiary/aromatic N) is 1. The van der Waals surface area contributed by atoms with Gasteiger partial charge in [-0.2, -0.15) is 0 Å². The monoisotopic (exact) mass is 382 g/mol. The molecule has 0 bridgehead atoms. The number of benzene rings is 2. The van der Waals surface area contributed by atoms with E-state index in [4.69, 9.17) is 4.74 Å². The highest BCUT2D eigenvalue weighted by molar-refractivity contribution is 7.09. The molecule has 0 radical (unpaired) electrons. The lowest BCUT2D eigenvalue weighted by molar-refractivity contribution is 0.0600. The summed E-state index contributed by atoms with van der Waals surface area (Å²) >= 11 is 1.43. The first-order valence-corrected chi connectivity index (χ1v) is 9.04. The van der Waals surface area contributed by atoms with Gasteiger partial charge in [0.2, 0.25) is 0 Å². The summed E-state index contributed by atoms with van der Waals surface area (Å²) in [6, 6.07) is 14.3. The van der Waals surface area contributed by atoms with E-state index in [1.54, 1.807) is 36.8 Å². The molecule has 6 nitrogen and oxygen atoms in total. The Morgan fingerprint density at radius 3 is 2.59 bits per heavy atom. The molecule has 0 unspecified atom stereocenters. The Bertz CT molecular complexity index is 951. The average Bonchev–Trinajstić information content (AvgIpc) is 3.17. The third-order valence-electron chi connectivity index (χ3n) is 3.84. The molecule has 0 spiro atoms. The maximum absolute atomic E-state index is 12.4. The van der Waals surface area contributed by atoms with E-state index in [1.165, 1.54) is 18.4 Å². The molecule has 2 aromatic carbocycles. The fourth-order valence-electron chi connectivity index (χ4n) is 2.45. The number of aromatic nitrogens is 1. The number of esters is 1. The maximum Gasteiger partial charge on any atom is 0.337 e. The Kier molecular flexibility index (Phi) is 5.83. The molecular formula is C20H18N2O4S. The molecule has 0 aliphatic rings. The fourth-order valence-corrected chi connectivity index (χ4v) is 3.26. The van der Waals surface area contributed by atoms with E-state index >= 15 is 0 Å². The molecule has 0 fully saturated rings. The van der Waals surface area contributed by atoms with Gasteiger partial charge in [0.15, 0.2) is 0 Å². The van der Waals surface area contributed by atoms with Crippen LogP contribution in [0.4, 0.5) is 5.69 Å². The highest BCUT2D eigenvalue weighted by Gasteiger charge is 2.13. The SMILES string of the molecule is COC(=O)c1cccc(NC(=O)c2csc(Cc3ccc(OC)cc3)n2)c1. The molecule has 0 aliphatic carbocycles. The van der Waals surface area contributed by atoms with E-state index in [-0.39, 0.29) is 5.91 Å². The van der Waals surface area contributed by atoms with E-state index < -0.39 is 5.97 Å². The third kappa shape index (κ3) is 4.71. The molecule has 3 aromatic rings. The first-order chi connectivity index (χ1) is 13.1. The lowest BCUT2D eigenvalue weighted by Gasteiger charge is -2.05. The fraction of sp³-hybridized carbons (Fsp3) is 0.150. The molecule has 1 N–H and O–H groups in total. The molecule has 1 aromatic heterocycles. The number of nitrogens with one attached hydrogen (secondary N) is 1. The van der Waals surface area contributed by atoms with Gasteiger partial charge < -0.3 is 14.8 Å². The largest absolute Gasteiger partial charge is 0.497 e. The van der Waals surface area contributed by atoms with Gasteiger partial charge in [-0.3, -0.25) is 4.79 Å². The molecule has 0 saturated carbocycles. The number of methoxy groups -OCH3 is 2. The number of hydrogen-bond donors (Lipinski definition) is 1. The molecule has 1 heterocycles. The molecule has 3 rings (SSSR count). The van der Waals surface area contributed by atoms with Crippen LogP contribution < -0.4 is 10.1 Å². The number of carbonyl (C=O) groups excluding carboxylic acids is 2. The minimum atomic E-state index is -0.457. The summed E-state index contributed by atoms with van der Waals surface area (Å²) in [5.41, 5.74) is 2.30. The number of hydrogen-bond acceptors (Lipinski definition) is 6. The summed E-state index contributed by atoms with van der Waals surface area (Å²) in [6.45, 7) is 0. The zero-order valence-electron chi connectivity index (χ0n) is 14.9. The van der Waals surface area contributed by atoms with Crippen LogP contribution in [0, 0.1) is 0 Å². The van der Waals surface area contributed by atoms with Crippen molar-refractivity contribution >= 4 is 28.9 Å². The van der Waals surface area contributed by atoms with Crippen molar-refractivity contribution in [1.82, 2.24) is 4.98 Å². The minimum absolute atomic E-state index is 0.325. The van der Waals surface area contributed by atoms with Crippen LogP contribution >= 0.6 is 11.3 Å². The number of carbonyl (C=O) groups is 2. The number of thiazole rings is 1. The van der Waals surface area contributed by atoms with Crippen LogP contribution in [-0.4, -0.2) is 31.1 Å². The Morgan fingerprint density at radius 2 is 1.89 bits per heavy atom. The van der Waals surface area contributed by atoms with Crippen LogP contribution in [0.3, 0.4) is 0 Å². The molecule has 0 saturated heterocycles. The molecular weight excluding hydrogens is 364 g/mol. The quantitative estimate of drug-likeness (QED) is 0.657. The lowest BCUT2D eigenvalue weighted by atomic mass is 10.1. The molecule has 138 valence electrons. The van der Waals surface area contributed by atoms with E-state index in [9.17, 15) is 9.59 Å². The molecule has 0 aliphatic heterocycles. The number of ether oxygens (including phenoxy) is 2. The zero-order chi connectivity index (χ0) is 19.2. The van der Waals surface area contributed by atoms with Crippen LogP contribution in [0.25, 0.3) is 0 Å². The number of anilines is 1. The van der Waals surface area contributed by atoms with Gasteiger partial charge >= 0.3 is 5.97 Å². The van der Waals surface area contributed by atoms with Gasteiger partial charge in [0.1, 0.15) is 11.4 Å². The summed E-state index contributed by atoms with van der Waals surface area (Å²) in [4.78, 5) is 28.4. The van der Waals surface area contributed by atoms with E-state index in [0.29, 0.717) is 23.4 Å². The molecule has 0 atom stereocenters. The first kappa shape index (κ1) is 18.6. The predicted molar refractivity (Wildman–Crippen MR) is 104 cm³/mol. The highest BCUT2D eigenvalue weighted by Crippen LogP contribution is 2.19. The smallest absolute Gasteiger partial charge is 0.337 e. The van der Waals surface area contributed by atoms with Gasteiger partial charge in [0, 0.05) is 17.5 Å². The van der Waals surface area contributed by atoms with E-state index in [0.717, 1.165) is 16.3 Å². The lowest BCUT2D eigenvalue weighted by Crippen LogP contribution is -2.13. The van der Waals surface area contributed by atoms with Crippen LogP contribution in [-0.2, 0) is 11.2 Å². The van der Waals surface area contributed by atoms with Crippen molar-refractivity contribution in [1.29, 1.82) is 0 Å². The summed E-state index contributed by atoms with van der Waals surface area (Å²) in [6.07, 6.45) is 0.639. The van der Waals surface area contributed by atoms with Crippen molar-refractivity contribution in [2.24, 2.45) is 0 Å². The topological polar surface area (TPSA) is 77.5 Å². The number of rotatable bonds is 6. The normalized spacial score (nSPS) is 10.3. The van der Waals surface area contributed by atoms with Gasteiger partial charge in [0.25, 0.3) is 5.91 Å². The summed E-state index contributed by atoms with van der Waals surface area (Å²) < 4.78 is 9.83. The molecule has 1 amide bonds. The Hall–Kier alpha value is -3.19. The van der Waals surface area contributed by atoms with Gasteiger partial charge in [-0.25, -0.2) is 9.78 Å². The van der Waals surface area contributed by atoms with Crippen LogP contribution in [0.1, 0.15) is 31.4 Å². The van der Waals surface area contributed by atoms with Crippen molar-refractivity contribution in [3.05, 3.63) is 75.7 Å². The van der Waals surface area contributed by atoms with Crippen molar-refractivity contribution in [3.63, 3.8) is 0 Å². The van der Waals surface area contributed by atoms with Crippen LogP contribution in [0.15, 0.2) is 53.9 Å². The zero-order valence-corrected chi connectivity index (χ0v) is 15.7. The maximum atomic E-state index is 12.4. The van der Waals surface area contributed by atoms with E-state index in [1.807, 2.05) is 24.3 Å². The standard InChI is InChI=1S/C20H18N2O4S/c1-25-16-8-6-13(7-9-16)10-18-22-17(12-27-18)19(23)21-15-5-3-4-14(11-15)20(24)26-2/h3-9,11-12H,10H2,1-2H3,(H,21,23). The summed E-state index contributed by atoms with van der Waals surface area (Å²) in [5, 5.41) is 5.31. The third-order valence-corrected chi connectivity index (χ3v) is 4.69. The summed E-state index contributed by atoms with van der Waals surface area (Å²) in [7, 11) is 2.94. The molecule has 7 heteroatoms. The van der Waals surface area contributed by atoms with Gasteiger partial charge in [-0.15, -0.1) is 11.3 Å². The van der Waals surface area contributed by atoms with Crippen molar-refractivity contribution in [2.75, 3.05) is 19.5 Å². The highest BCUT2D eigenvalue weighted by atomic mass is 32.1. The van der Waals surface area contributed by atoms with Gasteiger partial charge in [-0.1, -0.05) is 18.2 Å². The Balaban J connectivity index is 1.67.